The summed E-state index contributed by atoms with van der Waals surface area (Å²) in [6.45, 7) is 0.503. The van der Waals surface area contributed by atoms with Crippen LogP contribution in [-0.2, 0) is 6.42 Å². The van der Waals surface area contributed by atoms with E-state index in [1.54, 1.807) is 10.9 Å². The van der Waals surface area contributed by atoms with Gasteiger partial charge in [-0.15, -0.1) is 0 Å². The second-order valence-corrected chi connectivity index (χ2v) is 6.14. The molecule has 0 spiro atoms. The highest BCUT2D eigenvalue weighted by atomic mass is 14.2. The molecule has 0 aromatic heterocycles. The van der Waals surface area contributed by atoms with E-state index in [0.717, 1.165) is 6.42 Å². The SMILES string of the molecule is C1=Cc2ccc3ccc4ccc5c6c4c3c2B6C1=CC5. The van der Waals surface area contributed by atoms with Gasteiger partial charge in [0, 0.05) is 0 Å². The van der Waals surface area contributed by atoms with Crippen LogP contribution in [0, 0.1) is 0 Å². The van der Waals surface area contributed by atoms with Gasteiger partial charge in [0.1, 0.15) is 0 Å². The maximum Gasteiger partial charge on any atom is 0.243 e. The molecule has 3 aromatic rings. The van der Waals surface area contributed by atoms with Crippen molar-refractivity contribution in [3.05, 3.63) is 65.1 Å². The summed E-state index contributed by atoms with van der Waals surface area (Å²) in [5.74, 6) is 0. The molecule has 1 heteroatoms. The molecule has 90 valence electrons. The van der Waals surface area contributed by atoms with E-state index in [0.29, 0.717) is 6.71 Å². The Balaban J connectivity index is 2.03. The van der Waals surface area contributed by atoms with Crippen molar-refractivity contribution in [2.24, 2.45) is 0 Å². The monoisotopic (exact) mass is 250 g/mol. The van der Waals surface area contributed by atoms with Crippen LogP contribution in [0.4, 0.5) is 0 Å². The molecule has 3 heterocycles. The van der Waals surface area contributed by atoms with Gasteiger partial charge in [0.25, 0.3) is 0 Å². The minimum atomic E-state index is 0.503. The molecule has 0 atom stereocenters. The Morgan fingerprint density at radius 2 is 1.50 bits per heavy atom. The van der Waals surface area contributed by atoms with E-state index >= 15 is 0 Å². The van der Waals surface area contributed by atoms with Crippen molar-refractivity contribution in [2.45, 2.75) is 6.42 Å². The first kappa shape index (κ1) is 9.60. The minimum Gasteiger partial charge on any atom is -0.0848 e. The Labute approximate surface area is 117 Å². The number of hydrogen-bond donors (Lipinski definition) is 0. The highest BCUT2D eigenvalue weighted by Gasteiger charge is 2.38. The summed E-state index contributed by atoms with van der Waals surface area (Å²) in [5, 5.41) is 5.84. The average molecular weight is 250 g/mol. The molecule has 0 amide bonds. The molecule has 0 fully saturated rings. The summed E-state index contributed by atoms with van der Waals surface area (Å²) in [4.78, 5) is 0. The second-order valence-electron chi connectivity index (χ2n) is 6.14. The van der Waals surface area contributed by atoms with Crippen LogP contribution in [0.1, 0.15) is 11.1 Å². The van der Waals surface area contributed by atoms with Crippen molar-refractivity contribution < 1.29 is 0 Å². The first-order valence-electron chi connectivity index (χ1n) is 7.31. The number of hydrogen-bond acceptors (Lipinski definition) is 0. The zero-order chi connectivity index (χ0) is 12.8. The second kappa shape index (κ2) is 2.91. The fraction of sp³-hybridized carbons (Fsp3) is 0.0526. The molecule has 0 bridgehead atoms. The molecule has 0 saturated heterocycles. The normalized spacial score (nSPS) is 16.8. The smallest absolute Gasteiger partial charge is 0.0848 e. The molecule has 0 aliphatic carbocycles. The van der Waals surface area contributed by atoms with Crippen LogP contribution in [0.15, 0.2) is 54.0 Å². The highest BCUT2D eigenvalue weighted by Crippen LogP contribution is 2.35. The van der Waals surface area contributed by atoms with Crippen molar-refractivity contribution in [2.75, 3.05) is 0 Å². The van der Waals surface area contributed by atoms with Gasteiger partial charge >= 0.3 is 0 Å². The van der Waals surface area contributed by atoms with Crippen LogP contribution in [0.25, 0.3) is 27.6 Å². The van der Waals surface area contributed by atoms with E-state index < -0.39 is 0 Å². The largest absolute Gasteiger partial charge is 0.243 e. The number of rotatable bonds is 0. The van der Waals surface area contributed by atoms with Gasteiger partial charge in [0.2, 0.25) is 6.71 Å². The zero-order valence-electron chi connectivity index (χ0n) is 11.0. The van der Waals surface area contributed by atoms with Crippen molar-refractivity contribution in [1.29, 1.82) is 0 Å². The summed E-state index contributed by atoms with van der Waals surface area (Å²) in [6, 6.07) is 13.8. The van der Waals surface area contributed by atoms with Crippen molar-refractivity contribution in [1.82, 2.24) is 0 Å². The van der Waals surface area contributed by atoms with Gasteiger partial charge in [-0.05, 0) is 39.1 Å². The molecule has 0 nitrogen and oxygen atoms in total. The molecular formula is C19H11B. The third kappa shape index (κ3) is 0.867. The molecule has 3 aliphatic rings. The van der Waals surface area contributed by atoms with E-state index in [1.165, 1.54) is 38.1 Å². The van der Waals surface area contributed by atoms with Crippen molar-refractivity contribution >= 4 is 45.3 Å². The van der Waals surface area contributed by atoms with Crippen LogP contribution in [0.5, 0.6) is 0 Å². The van der Waals surface area contributed by atoms with Gasteiger partial charge in [-0.3, -0.25) is 0 Å². The Kier molecular flexibility index (Phi) is 1.39. The quantitative estimate of drug-likeness (QED) is 0.425. The average Bonchev–Trinajstić information content (AvgIpc) is 2.88. The van der Waals surface area contributed by atoms with E-state index in [9.17, 15) is 0 Å². The van der Waals surface area contributed by atoms with Gasteiger partial charge in [-0.25, -0.2) is 0 Å². The van der Waals surface area contributed by atoms with E-state index in [2.05, 4.69) is 54.6 Å². The Morgan fingerprint density at radius 3 is 2.40 bits per heavy atom. The Bertz CT molecular complexity index is 1020. The van der Waals surface area contributed by atoms with Crippen LogP contribution in [0.2, 0.25) is 0 Å². The molecule has 20 heavy (non-hydrogen) atoms. The first-order valence-corrected chi connectivity index (χ1v) is 7.31. The van der Waals surface area contributed by atoms with E-state index in [1.807, 2.05) is 0 Å². The molecule has 0 N–H and O–H groups in total. The highest BCUT2D eigenvalue weighted by molar-refractivity contribution is 6.98. The van der Waals surface area contributed by atoms with Gasteiger partial charge in [0.15, 0.2) is 0 Å². The third-order valence-corrected chi connectivity index (χ3v) is 5.30. The predicted octanol–water partition coefficient (Wildman–Crippen LogP) is 2.96. The van der Waals surface area contributed by atoms with Gasteiger partial charge in [0.05, 0.1) is 0 Å². The van der Waals surface area contributed by atoms with Gasteiger partial charge in [-0.1, -0.05) is 71.0 Å². The lowest BCUT2D eigenvalue weighted by molar-refractivity contribution is 1.28. The summed E-state index contributed by atoms with van der Waals surface area (Å²) < 4.78 is 0. The lowest BCUT2D eigenvalue weighted by Crippen LogP contribution is -2.46. The maximum atomic E-state index is 2.42. The van der Waals surface area contributed by atoms with Crippen LogP contribution in [-0.4, -0.2) is 6.71 Å². The van der Waals surface area contributed by atoms with Gasteiger partial charge < -0.3 is 0 Å². The summed E-state index contributed by atoms with van der Waals surface area (Å²) in [7, 11) is 0. The number of allylic oxidation sites excluding steroid dienone is 3. The summed E-state index contributed by atoms with van der Waals surface area (Å²) >= 11 is 0. The fourth-order valence-corrected chi connectivity index (χ4v) is 4.49. The predicted molar refractivity (Wildman–Crippen MR) is 87.3 cm³/mol. The van der Waals surface area contributed by atoms with Crippen LogP contribution in [0.3, 0.4) is 0 Å². The standard InChI is InChI=1S/C19H11B/c1-2-12-4-6-14-8-10-15-9-7-13-5-3-11(1)16-17(12)19(14)20(15)18(13)16/h1-7,9-10H,8H2. The minimum absolute atomic E-state index is 0.503. The van der Waals surface area contributed by atoms with E-state index in [-0.39, 0.29) is 0 Å². The zero-order valence-corrected chi connectivity index (χ0v) is 11.0. The van der Waals surface area contributed by atoms with Crippen molar-refractivity contribution in [3.8, 4) is 0 Å². The maximum absolute atomic E-state index is 2.42. The van der Waals surface area contributed by atoms with E-state index in [4.69, 9.17) is 0 Å². The molecule has 3 aliphatic heterocycles. The third-order valence-electron chi connectivity index (χ3n) is 5.30. The van der Waals surface area contributed by atoms with Gasteiger partial charge in [-0.2, -0.15) is 0 Å². The molecule has 0 unspecified atom stereocenters. The molecule has 0 radical (unpaired) electrons. The fourth-order valence-electron chi connectivity index (χ4n) is 4.49. The molecule has 3 aromatic carbocycles. The molecular weight excluding hydrogens is 239 g/mol. The summed E-state index contributed by atoms with van der Waals surface area (Å²) in [6.07, 6.45) is 8.13. The van der Waals surface area contributed by atoms with Crippen LogP contribution < -0.4 is 10.9 Å². The Hall–Kier alpha value is -2.28. The lowest BCUT2D eigenvalue weighted by Gasteiger charge is -2.24. The summed E-state index contributed by atoms with van der Waals surface area (Å²) in [5.41, 5.74) is 7.59. The Morgan fingerprint density at radius 1 is 0.750 bits per heavy atom. The number of benzene rings is 3. The lowest BCUT2D eigenvalue weighted by atomic mass is 9.34. The molecule has 0 saturated carbocycles. The van der Waals surface area contributed by atoms with Crippen LogP contribution >= 0.6 is 0 Å². The first-order chi connectivity index (χ1) is 9.92. The molecule has 6 rings (SSSR count). The topological polar surface area (TPSA) is 0 Å². The van der Waals surface area contributed by atoms with Crippen molar-refractivity contribution in [3.63, 3.8) is 0 Å².